The van der Waals surface area contributed by atoms with Gasteiger partial charge in [-0.1, -0.05) is 73.9 Å². The Bertz CT molecular complexity index is 1060. The van der Waals surface area contributed by atoms with Crippen molar-refractivity contribution in [2.45, 2.75) is 50.4 Å². The molecule has 0 spiro atoms. The summed E-state index contributed by atoms with van der Waals surface area (Å²) in [6.45, 7) is 0. The van der Waals surface area contributed by atoms with Crippen molar-refractivity contribution in [1.29, 1.82) is 5.26 Å². The molecule has 0 atom stereocenters. The number of benzene rings is 2. The number of carbonyl (C=O) groups excluding carboxylic acids is 1. The molecule has 0 saturated heterocycles. The van der Waals surface area contributed by atoms with Crippen LogP contribution in [0.4, 0.5) is 0 Å². The maximum Gasteiger partial charge on any atom is 0.232 e. The van der Waals surface area contributed by atoms with Crippen LogP contribution in [0.2, 0.25) is 0 Å². The van der Waals surface area contributed by atoms with E-state index in [1.54, 1.807) is 6.20 Å². The predicted octanol–water partition coefficient (Wildman–Crippen LogP) is 5.42. The third-order valence-electron chi connectivity index (χ3n) is 6.08. The van der Waals surface area contributed by atoms with Gasteiger partial charge in [0, 0.05) is 24.5 Å². The molecule has 2 aromatic carbocycles. The van der Waals surface area contributed by atoms with Crippen molar-refractivity contribution >= 4 is 5.78 Å². The van der Waals surface area contributed by atoms with E-state index < -0.39 is 0 Å². The molecule has 0 aliphatic heterocycles. The average molecular weight is 396 g/mol. The fourth-order valence-corrected chi connectivity index (χ4v) is 4.62. The van der Waals surface area contributed by atoms with Crippen molar-refractivity contribution in [3.05, 3.63) is 83.9 Å². The highest BCUT2D eigenvalue weighted by Gasteiger charge is 2.37. The van der Waals surface area contributed by atoms with Gasteiger partial charge in [0.05, 0.1) is 5.69 Å². The Balaban J connectivity index is 1.55. The average Bonchev–Trinajstić information content (AvgIpc) is 2.80. The van der Waals surface area contributed by atoms with Crippen LogP contribution >= 0.6 is 0 Å². The van der Waals surface area contributed by atoms with Crippen LogP contribution < -0.4 is 0 Å². The number of Topliss-reactive ketones (excluding diaryl/α,β-unsaturated/α-hetero) is 1. The lowest BCUT2D eigenvalue weighted by Gasteiger charge is -2.36. The predicted molar refractivity (Wildman–Crippen MR) is 117 cm³/mol. The zero-order chi connectivity index (χ0) is 20.8. The van der Waals surface area contributed by atoms with Crippen LogP contribution in [-0.2, 0) is 16.6 Å². The van der Waals surface area contributed by atoms with Crippen LogP contribution in [0, 0.1) is 11.3 Å². The molecule has 0 radical (unpaired) electrons. The second kappa shape index (κ2) is 9.00. The van der Waals surface area contributed by atoms with Gasteiger partial charge in [0.1, 0.15) is 11.9 Å². The van der Waals surface area contributed by atoms with E-state index >= 15 is 0 Å². The largest absolute Gasteiger partial charge is 0.299 e. The molecule has 1 saturated carbocycles. The van der Waals surface area contributed by atoms with Gasteiger partial charge in [-0.25, -0.2) is 9.97 Å². The number of rotatable bonds is 6. The number of hydrogen-bond donors (Lipinski definition) is 0. The van der Waals surface area contributed by atoms with Gasteiger partial charge < -0.3 is 0 Å². The van der Waals surface area contributed by atoms with E-state index in [4.69, 9.17) is 0 Å². The minimum absolute atomic E-state index is 0.181. The third kappa shape index (κ3) is 4.46. The van der Waals surface area contributed by atoms with Crippen molar-refractivity contribution in [3.63, 3.8) is 0 Å². The molecule has 4 nitrogen and oxygen atoms in total. The topological polar surface area (TPSA) is 66.6 Å². The molecule has 0 N–H and O–H groups in total. The summed E-state index contributed by atoms with van der Waals surface area (Å²) in [7, 11) is 0. The molecular weight excluding hydrogens is 370 g/mol. The van der Waals surface area contributed by atoms with Gasteiger partial charge in [-0.3, -0.25) is 4.79 Å². The molecule has 0 amide bonds. The first-order chi connectivity index (χ1) is 14.7. The van der Waals surface area contributed by atoms with Gasteiger partial charge in [0.15, 0.2) is 0 Å². The smallest absolute Gasteiger partial charge is 0.232 e. The number of carbonyl (C=O) groups is 1. The lowest BCUT2D eigenvalue weighted by atomic mass is 9.68. The van der Waals surface area contributed by atoms with Crippen molar-refractivity contribution in [2.24, 2.45) is 0 Å². The first-order valence-electron chi connectivity index (χ1n) is 10.6. The third-order valence-corrected chi connectivity index (χ3v) is 6.08. The highest BCUT2D eigenvalue weighted by molar-refractivity contribution is 5.82. The van der Waals surface area contributed by atoms with E-state index in [0.29, 0.717) is 12.8 Å². The van der Waals surface area contributed by atoms with Crippen LogP contribution in [0.15, 0.2) is 66.9 Å². The Morgan fingerprint density at radius 2 is 1.73 bits per heavy atom. The summed E-state index contributed by atoms with van der Waals surface area (Å²) in [5.41, 5.74) is 3.89. The van der Waals surface area contributed by atoms with E-state index in [1.165, 1.54) is 6.42 Å². The van der Waals surface area contributed by atoms with Gasteiger partial charge in [-0.2, -0.15) is 5.26 Å². The Morgan fingerprint density at radius 1 is 0.967 bits per heavy atom. The van der Waals surface area contributed by atoms with E-state index in [0.717, 1.165) is 48.1 Å². The normalized spacial score (nSPS) is 15.3. The molecule has 4 heteroatoms. The maximum atomic E-state index is 13.2. The molecule has 1 fully saturated rings. The van der Waals surface area contributed by atoms with E-state index in [1.807, 2.05) is 42.5 Å². The van der Waals surface area contributed by atoms with Crippen molar-refractivity contribution in [2.75, 3.05) is 0 Å². The molecule has 4 rings (SSSR count). The number of nitriles is 1. The van der Waals surface area contributed by atoms with E-state index in [-0.39, 0.29) is 17.0 Å². The molecular formula is C26H25N3O. The Kier molecular flexibility index (Phi) is 5.99. The standard InChI is InChI=1S/C26H25N3O/c27-19-25-28-15-12-24(29-25)26(13-5-2-6-14-26)18-23(30)17-20-8-7-11-22(16-20)21-9-3-1-4-10-21/h1,3-4,7-12,15-16H,2,5-6,13-14,17-18H2. The summed E-state index contributed by atoms with van der Waals surface area (Å²) in [6, 6.07) is 22.4. The molecule has 1 heterocycles. The molecule has 1 aliphatic carbocycles. The molecule has 150 valence electrons. The van der Waals surface area contributed by atoms with Crippen LogP contribution in [-0.4, -0.2) is 15.8 Å². The number of ketones is 1. The summed E-state index contributed by atoms with van der Waals surface area (Å²) in [6.07, 6.45) is 7.75. The summed E-state index contributed by atoms with van der Waals surface area (Å²) in [4.78, 5) is 21.6. The van der Waals surface area contributed by atoms with E-state index in [2.05, 4.69) is 34.2 Å². The first-order valence-corrected chi connectivity index (χ1v) is 10.6. The number of nitrogens with zero attached hydrogens (tertiary/aromatic N) is 3. The minimum Gasteiger partial charge on any atom is -0.299 e. The second-order valence-electron chi connectivity index (χ2n) is 8.18. The Labute approximate surface area is 177 Å². The maximum absolute atomic E-state index is 13.2. The van der Waals surface area contributed by atoms with Crippen molar-refractivity contribution in [3.8, 4) is 17.2 Å². The fourth-order valence-electron chi connectivity index (χ4n) is 4.62. The molecule has 30 heavy (non-hydrogen) atoms. The molecule has 0 unspecified atom stereocenters. The highest BCUT2D eigenvalue weighted by Crippen LogP contribution is 2.41. The minimum atomic E-state index is -0.277. The summed E-state index contributed by atoms with van der Waals surface area (Å²) < 4.78 is 0. The summed E-state index contributed by atoms with van der Waals surface area (Å²) >= 11 is 0. The molecule has 1 aliphatic rings. The Hall–Kier alpha value is -3.32. The molecule has 0 bridgehead atoms. The monoisotopic (exact) mass is 395 g/mol. The zero-order valence-corrected chi connectivity index (χ0v) is 17.1. The first kappa shape index (κ1) is 20.0. The zero-order valence-electron chi connectivity index (χ0n) is 17.1. The number of aromatic nitrogens is 2. The van der Waals surface area contributed by atoms with Gasteiger partial charge in [0.25, 0.3) is 0 Å². The van der Waals surface area contributed by atoms with Gasteiger partial charge in [0.2, 0.25) is 5.82 Å². The lowest BCUT2D eigenvalue weighted by Crippen LogP contribution is -2.33. The SMILES string of the molecule is N#Cc1nccc(C2(CC(=O)Cc3cccc(-c4ccccc4)c3)CCCCC2)n1. The number of hydrogen-bond acceptors (Lipinski definition) is 4. The van der Waals surface area contributed by atoms with Crippen molar-refractivity contribution < 1.29 is 4.79 Å². The van der Waals surface area contributed by atoms with Gasteiger partial charge >= 0.3 is 0 Å². The van der Waals surface area contributed by atoms with Crippen LogP contribution in [0.5, 0.6) is 0 Å². The quantitative estimate of drug-likeness (QED) is 0.559. The highest BCUT2D eigenvalue weighted by atomic mass is 16.1. The van der Waals surface area contributed by atoms with Gasteiger partial charge in [-0.05, 0) is 35.6 Å². The van der Waals surface area contributed by atoms with Gasteiger partial charge in [-0.15, -0.1) is 0 Å². The molecule has 1 aromatic heterocycles. The van der Waals surface area contributed by atoms with Crippen molar-refractivity contribution in [1.82, 2.24) is 9.97 Å². The summed E-state index contributed by atoms with van der Waals surface area (Å²) in [5.74, 6) is 0.402. The lowest BCUT2D eigenvalue weighted by molar-refractivity contribution is -0.120. The van der Waals surface area contributed by atoms with Crippen LogP contribution in [0.1, 0.15) is 55.6 Å². The molecule has 3 aromatic rings. The summed E-state index contributed by atoms with van der Waals surface area (Å²) in [5, 5.41) is 9.20. The van der Waals surface area contributed by atoms with Crippen LogP contribution in [0.3, 0.4) is 0 Å². The fraction of sp³-hybridized carbons (Fsp3) is 0.308. The van der Waals surface area contributed by atoms with Crippen LogP contribution in [0.25, 0.3) is 11.1 Å². The second-order valence-corrected chi connectivity index (χ2v) is 8.18. The van der Waals surface area contributed by atoms with E-state index in [9.17, 15) is 10.1 Å². The Morgan fingerprint density at radius 3 is 2.50 bits per heavy atom.